The van der Waals surface area contributed by atoms with Gasteiger partial charge in [-0.3, -0.25) is 4.79 Å². The highest BCUT2D eigenvalue weighted by Gasteiger charge is 2.43. The summed E-state index contributed by atoms with van der Waals surface area (Å²) in [7, 11) is -1.97. The largest absolute Gasteiger partial charge is 0.496 e. The highest BCUT2D eigenvalue weighted by Crippen LogP contribution is 2.37. The first-order valence-corrected chi connectivity index (χ1v) is 13.1. The molecule has 0 aromatic heterocycles. The molecule has 0 unspecified atom stereocenters. The summed E-state index contributed by atoms with van der Waals surface area (Å²) >= 11 is 5.94. The molecule has 178 valence electrons. The van der Waals surface area contributed by atoms with E-state index in [1.807, 2.05) is 29.2 Å². The molecule has 0 radical (unpaired) electrons. The summed E-state index contributed by atoms with van der Waals surface area (Å²) in [4.78, 5) is 14.8. The molecule has 4 rings (SSSR count). The first-order valence-electron chi connectivity index (χ1n) is 11.3. The quantitative estimate of drug-likeness (QED) is 0.582. The molecule has 1 N–H and O–H groups in total. The average Bonchev–Trinajstić information content (AvgIpc) is 3.65. The Hall–Kier alpha value is -2.13. The summed E-state index contributed by atoms with van der Waals surface area (Å²) in [5.74, 6) is 0.821. The van der Waals surface area contributed by atoms with Crippen LogP contribution in [-0.4, -0.2) is 62.4 Å². The van der Waals surface area contributed by atoms with Crippen molar-refractivity contribution in [2.45, 2.75) is 49.2 Å². The van der Waals surface area contributed by atoms with Gasteiger partial charge in [0.25, 0.3) is 0 Å². The minimum absolute atomic E-state index is 0.0295. The number of nitrogens with one attached hydrogen (secondary N) is 1. The van der Waals surface area contributed by atoms with E-state index in [9.17, 15) is 13.2 Å². The van der Waals surface area contributed by atoms with Gasteiger partial charge < -0.3 is 15.0 Å². The van der Waals surface area contributed by atoms with E-state index < -0.39 is 10.0 Å². The Labute approximate surface area is 200 Å². The molecule has 0 bridgehead atoms. The first-order chi connectivity index (χ1) is 15.9. The summed E-state index contributed by atoms with van der Waals surface area (Å²) < 4.78 is 33.7. The topological polar surface area (TPSA) is 79.0 Å². The molecule has 9 heteroatoms. The first kappa shape index (κ1) is 24.0. The number of methoxy groups -OCH3 is 1. The smallest absolute Gasteiger partial charge is 0.243 e. The summed E-state index contributed by atoms with van der Waals surface area (Å²) in [5.41, 5.74) is 0.999. The zero-order valence-corrected chi connectivity index (χ0v) is 20.3. The van der Waals surface area contributed by atoms with Gasteiger partial charge in [-0.1, -0.05) is 29.8 Å². The van der Waals surface area contributed by atoms with Gasteiger partial charge in [0.1, 0.15) is 5.75 Å². The van der Waals surface area contributed by atoms with Gasteiger partial charge in [0.05, 0.1) is 18.6 Å². The number of carbonyl (C=O) groups excluding carboxylic acids is 1. The van der Waals surface area contributed by atoms with Crippen molar-refractivity contribution in [1.29, 1.82) is 0 Å². The Balaban J connectivity index is 1.32. The van der Waals surface area contributed by atoms with E-state index in [0.717, 1.165) is 24.2 Å². The van der Waals surface area contributed by atoms with Gasteiger partial charge in [-0.2, -0.15) is 4.31 Å². The van der Waals surface area contributed by atoms with Crippen molar-refractivity contribution in [1.82, 2.24) is 14.5 Å². The number of ether oxygens (including phenoxy) is 1. The van der Waals surface area contributed by atoms with Crippen molar-refractivity contribution in [3.8, 4) is 5.75 Å². The highest BCUT2D eigenvalue weighted by molar-refractivity contribution is 7.89. The van der Waals surface area contributed by atoms with Crippen LogP contribution < -0.4 is 10.1 Å². The SMILES string of the molecule is COc1ccccc1CNCC(=O)N1CCC(N(C2CC2)S(=O)(=O)c2ccc(Cl)cc2)CC1. The normalized spacial score (nSPS) is 17.4. The van der Waals surface area contributed by atoms with Crippen molar-refractivity contribution in [2.75, 3.05) is 26.7 Å². The second-order valence-corrected chi connectivity index (χ2v) is 10.8. The number of likely N-dealkylation sites (tertiary alicyclic amines) is 1. The molecule has 2 fully saturated rings. The van der Waals surface area contributed by atoms with Crippen LogP contribution in [-0.2, 0) is 21.4 Å². The predicted octanol–water partition coefficient (Wildman–Crippen LogP) is 3.28. The third kappa shape index (κ3) is 5.69. The predicted molar refractivity (Wildman–Crippen MR) is 128 cm³/mol. The number of hydrogen-bond donors (Lipinski definition) is 1. The summed E-state index contributed by atoms with van der Waals surface area (Å²) in [5, 5.41) is 3.71. The zero-order valence-electron chi connectivity index (χ0n) is 18.7. The number of nitrogens with zero attached hydrogens (tertiary/aromatic N) is 2. The number of carbonyl (C=O) groups is 1. The van der Waals surface area contributed by atoms with Gasteiger partial charge in [0.2, 0.25) is 15.9 Å². The van der Waals surface area contributed by atoms with Crippen LogP contribution in [0.5, 0.6) is 5.75 Å². The molecular weight excluding hydrogens is 462 g/mol. The summed E-state index contributed by atoms with van der Waals surface area (Å²) in [6, 6.07) is 14.0. The van der Waals surface area contributed by atoms with Crippen LogP contribution in [0.25, 0.3) is 0 Å². The average molecular weight is 492 g/mol. The summed E-state index contributed by atoms with van der Waals surface area (Å²) in [6.07, 6.45) is 3.06. The van der Waals surface area contributed by atoms with Crippen molar-refractivity contribution < 1.29 is 17.9 Å². The van der Waals surface area contributed by atoms with E-state index in [0.29, 0.717) is 37.5 Å². The van der Waals surface area contributed by atoms with E-state index >= 15 is 0 Å². The highest BCUT2D eigenvalue weighted by atomic mass is 35.5. The lowest BCUT2D eigenvalue weighted by atomic mass is 10.0. The molecule has 1 amide bonds. The Bertz CT molecular complexity index is 1070. The minimum atomic E-state index is -3.60. The van der Waals surface area contributed by atoms with E-state index in [4.69, 9.17) is 16.3 Å². The van der Waals surface area contributed by atoms with Crippen molar-refractivity contribution >= 4 is 27.5 Å². The fourth-order valence-corrected chi connectivity index (χ4v) is 6.44. The third-order valence-corrected chi connectivity index (χ3v) is 8.53. The number of sulfonamides is 1. The summed E-state index contributed by atoms with van der Waals surface area (Å²) in [6.45, 7) is 1.89. The van der Waals surface area contributed by atoms with Gasteiger partial charge in [-0.05, 0) is 56.0 Å². The van der Waals surface area contributed by atoms with Gasteiger partial charge in [-0.25, -0.2) is 8.42 Å². The Morgan fingerprint density at radius 1 is 1.06 bits per heavy atom. The maximum Gasteiger partial charge on any atom is 0.243 e. The van der Waals surface area contributed by atoms with Crippen LogP contribution in [0.1, 0.15) is 31.2 Å². The third-order valence-electron chi connectivity index (χ3n) is 6.26. The van der Waals surface area contributed by atoms with Crippen LogP contribution >= 0.6 is 11.6 Å². The molecule has 2 aromatic carbocycles. The van der Waals surface area contributed by atoms with Crippen LogP contribution in [0.3, 0.4) is 0 Å². The van der Waals surface area contributed by atoms with Crippen molar-refractivity contribution in [2.24, 2.45) is 0 Å². The molecule has 2 aliphatic rings. The molecule has 0 atom stereocenters. The van der Waals surface area contributed by atoms with Gasteiger partial charge in [-0.15, -0.1) is 0 Å². The second-order valence-electron chi connectivity index (χ2n) is 8.55. The lowest BCUT2D eigenvalue weighted by Crippen LogP contribution is -2.50. The maximum absolute atomic E-state index is 13.4. The molecule has 0 spiro atoms. The minimum Gasteiger partial charge on any atom is -0.496 e. The maximum atomic E-state index is 13.4. The standard InChI is InChI=1S/C24H30ClN3O4S/c1-32-23-5-3-2-4-18(23)16-26-17-24(29)27-14-12-21(13-15-27)28(20-8-9-20)33(30,31)22-10-6-19(25)7-11-22/h2-7,10-11,20-21,26H,8-9,12-17H2,1H3. The van der Waals surface area contributed by atoms with Crippen LogP contribution in [0.4, 0.5) is 0 Å². The van der Waals surface area contributed by atoms with Gasteiger partial charge in [0.15, 0.2) is 0 Å². The number of rotatable bonds is 9. The molecule has 1 saturated heterocycles. The van der Waals surface area contributed by atoms with Gasteiger partial charge in [0, 0.05) is 42.3 Å². The number of benzene rings is 2. The van der Waals surface area contributed by atoms with Crippen LogP contribution in [0.2, 0.25) is 5.02 Å². The second kappa shape index (κ2) is 10.4. The van der Waals surface area contributed by atoms with Crippen LogP contribution in [0, 0.1) is 0 Å². The Morgan fingerprint density at radius 3 is 2.33 bits per heavy atom. The Morgan fingerprint density at radius 2 is 1.70 bits per heavy atom. The Kier molecular flexibility index (Phi) is 7.58. The number of piperidine rings is 1. The van der Waals surface area contributed by atoms with E-state index in [2.05, 4.69) is 5.32 Å². The lowest BCUT2D eigenvalue weighted by molar-refractivity contribution is -0.131. The number of para-hydroxylation sites is 1. The molecule has 1 heterocycles. The number of hydrogen-bond acceptors (Lipinski definition) is 5. The lowest BCUT2D eigenvalue weighted by Gasteiger charge is -2.38. The molecule has 1 aliphatic heterocycles. The number of amides is 1. The molecular formula is C24H30ClN3O4S. The van der Waals surface area contributed by atoms with E-state index in [1.165, 1.54) is 0 Å². The monoisotopic (exact) mass is 491 g/mol. The molecule has 1 aliphatic carbocycles. The van der Waals surface area contributed by atoms with E-state index in [-0.39, 0.29) is 29.4 Å². The molecule has 7 nitrogen and oxygen atoms in total. The fraction of sp³-hybridized carbons (Fsp3) is 0.458. The molecule has 2 aromatic rings. The fourth-order valence-electron chi connectivity index (χ4n) is 4.38. The molecule has 33 heavy (non-hydrogen) atoms. The van der Waals surface area contributed by atoms with Crippen molar-refractivity contribution in [3.05, 3.63) is 59.1 Å². The van der Waals surface area contributed by atoms with E-state index in [1.54, 1.807) is 35.7 Å². The number of halogens is 1. The van der Waals surface area contributed by atoms with Crippen molar-refractivity contribution in [3.63, 3.8) is 0 Å². The van der Waals surface area contributed by atoms with Gasteiger partial charge >= 0.3 is 0 Å². The van der Waals surface area contributed by atoms with Crippen LogP contribution in [0.15, 0.2) is 53.4 Å². The zero-order chi connectivity index (χ0) is 23.4. The molecule has 1 saturated carbocycles.